The Morgan fingerprint density at radius 2 is 2.43 bits per heavy atom. The van der Waals surface area contributed by atoms with Crippen LogP contribution in [0.25, 0.3) is 11.2 Å². The third kappa shape index (κ3) is 1.89. The van der Waals surface area contributed by atoms with Crippen LogP contribution in [0.5, 0.6) is 0 Å². The lowest BCUT2D eigenvalue weighted by Gasteiger charge is -1.97. The van der Waals surface area contributed by atoms with E-state index in [1.54, 1.807) is 6.20 Å². The van der Waals surface area contributed by atoms with Crippen LogP contribution >= 0.6 is 0 Å². The number of aromatic amines is 1. The molecule has 3 N–H and O–H groups in total. The molecule has 14 heavy (non-hydrogen) atoms. The molecule has 2 heterocycles. The number of fused-ring (bicyclic) bond motifs is 1. The molecule has 0 fully saturated rings. The summed E-state index contributed by atoms with van der Waals surface area (Å²) in [5, 5.41) is 0. The Kier molecular flexibility index (Phi) is 2.71. The highest BCUT2D eigenvalue weighted by Gasteiger charge is 2.01. The molecule has 0 aliphatic rings. The highest BCUT2D eigenvalue weighted by Crippen LogP contribution is 2.07. The molecule has 0 aliphatic carbocycles. The minimum absolute atomic E-state index is 0.452. The van der Waals surface area contributed by atoms with Gasteiger partial charge < -0.3 is 15.5 Å². The summed E-state index contributed by atoms with van der Waals surface area (Å²) in [6, 6.07) is 3.80. The van der Waals surface area contributed by atoms with Crippen molar-refractivity contribution >= 4 is 11.2 Å². The molecule has 2 aromatic heterocycles. The first-order valence-corrected chi connectivity index (χ1v) is 4.47. The number of nitrogens with one attached hydrogen (secondary N) is 1. The van der Waals surface area contributed by atoms with E-state index < -0.39 is 0 Å². The first kappa shape index (κ1) is 9.11. The summed E-state index contributed by atoms with van der Waals surface area (Å²) in [4.78, 5) is 11.5. The molecule has 0 atom stereocenters. The summed E-state index contributed by atoms with van der Waals surface area (Å²) < 4.78 is 5.25. The monoisotopic (exact) mass is 192 g/mol. The Morgan fingerprint density at radius 1 is 1.50 bits per heavy atom. The summed E-state index contributed by atoms with van der Waals surface area (Å²) in [7, 11) is 0. The van der Waals surface area contributed by atoms with Crippen LogP contribution in [0, 0.1) is 0 Å². The number of rotatable bonds is 4. The number of ether oxygens (including phenoxy) is 1. The van der Waals surface area contributed by atoms with Crippen LogP contribution < -0.4 is 5.73 Å². The minimum atomic E-state index is 0.452. The van der Waals surface area contributed by atoms with Crippen molar-refractivity contribution < 1.29 is 4.74 Å². The summed E-state index contributed by atoms with van der Waals surface area (Å²) in [5.41, 5.74) is 6.95. The van der Waals surface area contributed by atoms with Crippen molar-refractivity contribution in [1.82, 2.24) is 15.0 Å². The fourth-order valence-corrected chi connectivity index (χ4v) is 1.22. The predicted octanol–water partition coefficient (Wildman–Crippen LogP) is 0.433. The average molecular weight is 192 g/mol. The number of nitrogens with zero attached hydrogens (tertiary/aromatic N) is 2. The number of H-pyrrole nitrogens is 1. The number of nitrogens with two attached hydrogens (primary N) is 1. The Bertz CT molecular complexity index is 379. The number of imidazole rings is 1. The molecule has 0 radical (unpaired) electrons. The quantitative estimate of drug-likeness (QED) is 0.689. The Balaban J connectivity index is 2.11. The summed E-state index contributed by atoms with van der Waals surface area (Å²) in [5.74, 6) is 0.784. The second-order valence-electron chi connectivity index (χ2n) is 2.90. The number of hydrogen-bond acceptors (Lipinski definition) is 4. The molecule has 0 saturated heterocycles. The predicted molar refractivity (Wildman–Crippen MR) is 52.6 cm³/mol. The molecule has 2 aromatic rings. The van der Waals surface area contributed by atoms with Gasteiger partial charge in [0.15, 0.2) is 5.65 Å². The zero-order valence-corrected chi connectivity index (χ0v) is 7.73. The van der Waals surface area contributed by atoms with Crippen molar-refractivity contribution in [3.05, 3.63) is 24.2 Å². The van der Waals surface area contributed by atoms with Gasteiger partial charge in [0.25, 0.3) is 0 Å². The van der Waals surface area contributed by atoms with Gasteiger partial charge in [-0.05, 0) is 12.1 Å². The van der Waals surface area contributed by atoms with E-state index in [1.165, 1.54) is 0 Å². The van der Waals surface area contributed by atoms with Crippen LogP contribution in [0.15, 0.2) is 18.3 Å². The first-order chi connectivity index (χ1) is 6.90. The van der Waals surface area contributed by atoms with Crippen molar-refractivity contribution in [3.8, 4) is 0 Å². The van der Waals surface area contributed by atoms with Gasteiger partial charge >= 0.3 is 0 Å². The minimum Gasteiger partial charge on any atom is -0.372 e. The lowest BCUT2D eigenvalue weighted by molar-refractivity contribution is 0.123. The molecule has 5 heteroatoms. The van der Waals surface area contributed by atoms with Crippen molar-refractivity contribution in [2.45, 2.75) is 6.61 Å². The second-order valence-corrected chi connectivity index (χ2v) is 2.90. The van der Waals surface area contributed by atoms with E-state index in [0.29, 0.717) is 19.8 Å². The third-order valence-corrected chi connectivity index (χ3v) is 1.81. The van der Waals surface area contributed by atoms with Gasteiger partial charge in [-0.15, -0.1) is 0 Å². The van der Waals surface area contributed by atoms with Gasteiger partial charge in [0, 0.05) is 12.7 Å². The zero-order chi connectivity index (χ0) is 9.80. The highest BCUT2D eigenvalue weighted by atomic mass is 16.5. The maximum Gasteiger partial charge on any atom is 0.177 e. The largest absolute Gasteiger partial charge is 0.372 e. The summed E-state index contributed by atoms with van der Waals surface area (Å²) in [6.45, 7) is 1.52. The maximum absolute atomic E-state index is 5.30. The van der Waals surface area contributed by atoms with Crippen LogP contribution in [-0.2, 0) is 11.3 Å². The Labute approximate surface area is 81.3 Å². The number of aromatic nitrogens is 3. The number of pyridine rings is 1. The molecule has 0 amide bonds. The van der Waals surface area contributed by atoms with Gasteiger partial charge in [0.1, 0.15) is 12.4 Å². The van der Waals surface area contributed by atoms with Gasteiger partial charge in [-0.25, -0.2) is 9.97 Å². The summed E-state index contributed by atoms with van der Waals surface area (Å²) >= 11 is 0. The van der Waals surface area contributed by atoms with Crippen LogP contribution in [0.1, 0.15) is 5.82 Å². The SMILES string of the molecule is NCCOCc1nc2ncccc2[nH]1. The van der Waals surface area contributed by atoms with Gasteiger partial charge in [0.05, 0.1) is 12.1 Å². The second kappa shape index (κ2) is 4.17. The fourth-order valence-electron chi connectivity index (χ4n) is 1.22. The smallest absolute Gasteiger partial charge is 0.177 e. The molecule has 0 spiro atoms. The molecule has 0 aliphatic heterocycles. The van der Waals surface area contributed by atoms with Crippen molar-refractivity contribution in [2.24, 2.45) is 5.73 Å². The van der Waals surface area contributed by atoms with Crippen LogP contribution in [0.3, 0.4) is 0 Å². The first-order valence-electron chi connectivity index (χ1n) is 4.47. The van der Waals surface area contributed by atoms with Gasteiger partial charge in [0.2, 0.25) is 0 Å². The van der Waals surface area contributed by atoms with E-state index in [9.17, 15) is 0 Å². The normalized spacial score (nSPS) is 10.9. The van der Waals surface area contributed by atoms with Crippen LogP contribution in [0.4, 0.5) is 0 Å². The third-order valence-electron chi connectivity index (χ3n) is 1.81. The average Bonchev–Trinajstić information content (AvgIpc) is 2.60. The molecule has 0 bridgehead atoms. The van der Waals surface area contributed by atoms with Crippen LogP contribution in [0.2, 0.25) is 0 Å². The molecule has 0 unspecified atom stereocenters. The van der Waals surface area contributed by atoms with Crippen LogP contribution in [-0.4, -0.2) is 28.1 Å². The molecule has 2 rings (SSSR count). The van der Waals surface area contributed by atoms with Crippen molar-refractivity contribution in [2.75, 3.05) is 13.2 Å². The fraction of sp³-hybridized carbons (Fsp3) is 0.333. The summed E-state index contributed by atoms with van der Waals surface area (Å²) in [6.07, 6.45) is 1.72. The maximum atomic E-state index is 5.30. The Hall–Kier alpha value is -1.46. The van der Waals surface area contributed by atoms with E-state index in [-0.39, 0.29) is 0 Å². The topological polar surface area (TPSA) is 76.8 Å². The van der Waals surface area contributed by atoms with E-state index in [1.807, 2.05) is 12.1 Å². The van der Waals surface area contributed by atoms with Gasteiger partial charge in [-0.1, -0.05) is 0 Å². The molecule has 0 aromatic carbocycles. The molecule has 0 saturated carbocycles. The zero-order valence-electron chi connectivity index (χ0n) is 7.73. The highest BCUT2D eigenvalue weighted by molar-refractivity contribution is 5.69. The Morgan fingerprint density at radius 3 is 3.21 bits per heavy atom. The lowest BCUT2D eigenvalue weighted by atomic mass is 10.4. The van der Waals surface area contributed by atoms with Gasteiger partial charge in [-0.3, -0.25) is 0 Å². The van der Waals surface area contributed by atoms with E-state index >= 15 is 0 Å². The molecule has 5 nitrogen and oxygen atoms in total. The standard InChI is InChI=1S/C9H12N4O/c10-3-5-14-6-8-12-7-2-1-4-11-9(7)13-8/h1-2,4H,3,5-6,10H2,(H,11,12,13). The molecular weight excluding hydrogens is 180 g/mol. The number of hydrogen-bond donors (Lipinski definition) is 2. The van der Waals surface area contributed by atoms with E-state index in [2.05, 4.69) is 15.0 Å². The van der Waals surface area contributed by atoms with Gasteiger partial charge in [-0.2, -0.15) is 0 Å². The van der Waals surface area contributed by atoms with E-state index in [0.717, 1.165) is 17.0 Å². The molecule has 74 valence electrons. The van der Waals surface area contributed by atoms with Crippen molar-refractivity contribution in [3.63, 3.8) is 0 Å². The molecular formula is C9H12N4O. The lowest BCUT2D eigenvalue weighted by Crippen LogP contribution is -2.08. The van der Waals surface area contributed by atoms with E-state index in [4.69, 9.17) is 10.5 Å². The van der Waals surface area contributed by atoms with Crippen molar-refractivity contribution in [1.29, 1.82) is 0 Å².